The largest absolute Gasteiger partial charge is 0.396 e. The molecule has 0 spiro atoms. The molecule has 2 N–H and O–H groups in total. The summed E-state index contributed by atoms with van der Waals surface area (Å²) in [6.45, 7) is 0.204. The normalized spacial score (nSPS) is 33.9. The number of allylic oxidation sites excluding steroid dienone is 2. The molecule has 3 heteroatoms. The van der Waals surface area contributed by atoms with Gasteiger partial charge in [-0.05, 0) is 32.1 Å². The summed E-state index contributed by atoms with van der Waals surface area (Å²) in [7, 11) is 0. The van der Waals surface area contributed by atoms with Crippen LogP contribution in [0.2, 0.25) is 0 Å². The molecule has 1 saturated carbocycles. The first kappa shape index (κ1) is 11.6. The summed E-state index contributed by atoms with van der Waals surface area (Å²) >= 11 is 0. The van der Waals surface area contributed by atoms with Gasteiger partial charge in [-0.25, -0.2) is 0 Å². The maximum absolute atomic E-state index is 12.0. The number of amides is 1. The summed E-state index contributed by atoms with van der Waals surface area (Å²) < 4.78 is 0. The van der Waals surface area contributed by atoms with E-state index in [1.807, 2.05) is 0 Å². The predicted molar refractivity (Wildman–Crippen MR) is 62.8 cm³/mol. The van der Waals surface area contributed by atoms with E-state index < -0.39 is 0 Å². The second-order valence-corrected chi connectivity index (χ2v) is 4.97. The van der Waals surface area contributed by atoms with Crippen LogP contribution in [0.3, 0.4) is 0 Å². The van der Waals surface area contributed by atoms with E-state index in [4.69, 9.17) is 0 Å². The Bertz CT molecular complexity index is 275. The summed E-state index contributed by atoms with van der Waals surface area (Å²) in [4.78, 5) is 12.0. The van der Waals surface area contributed by atoms with Crippen LogP contribution >= 0.6 is 0 Å². The second-order valence-electron chi connectivity index (χ2n) is 4.97. The molecule has 0 aliphatic heterocycles. The quantitative estimate of drug-likeness (QED) is 0.714. The van der Waals surface area contributed by atoms with E-state index in [0.29, 0.717) is 0 Å². The van der Waals surface area contributed by atoms with Gasteiger partial charge >= 0.3 is 0 Å². The van der Waals surface area contributed by atoms with E-state index in [9.17, 15) is 9.90 Å². The first-order chi connectivity index (χ1) is 7.81. The maximum Gasteiger partial charge on any atom is 0.223 e. The lowest BCUT2D eigenvalue weighted by atomic mass is 9.93. The van der Waals surface area contributed by atoms with Gasteiger partial charge in [0.15, 0.2) is 0 Å². The number of aliphatic hydroxyl groups excluding tert-OH is 1. The fourth-order valence-corrected chi connectivity index (χ4v) is 2.78. The number of nitrogens with one attached hydrogen (secondary N) is 1. The highest BCUT2D eigenvalue weighted by Crippen LogP contribution is 2.26. The topological polar surface area (TPSA) is 49.3 Å². The van der Waals surface area contributed by atoms with Crippen LogP contribution in [0.1, 0.15) is 38.5 Å². The van der Waals surface area contributed by atoms with Gasteiger partial charge in [0.1, 0.15) is 0 Å². The highest BCUT2D eigenvalue weighted by Gasteiger charge is 2.29. The van der Waals surface area contributed by atoms with Crippen molar-refractivity contribution in [2.75, 3.05) is 6.61 Å². The lowest BCUT2D eigenvalue weighted by Crippen LogP contribution is -2.42. The molecule has 0 aromatic heterocycles. The van der Waals surface area contributed by atoms with Gasteiger partial charge in [0.05, 0.1) is 0 Å². The van der Waals surface area contributed by atoms with E-state index in [-0.39, 0.29) is 30.4 Å². The smallest absolute Gasteiger partial charge is 0.223 e. The fourth-order valence-electron chi connectivity index (χ4n) is 2.78. The van der Waals surface area contributed by atoms with Gasteiger partial charge in [-0.15, -0.1) is 0 Å². The first-order valence-electron chi connectivity index (χ1n) is 6.37. The lowest BCUT2D eigenvalue weighted by Gasteiger charge is -2.23. The van der Waals surface area contributed by atoms with Crippen molar-refractivity contribution in [2.45, 2.75) is 44.6 Å². The molecule has 3 nitrogen and oxygen atoms in total. The lowest BCUT2D eigenvalue weighted by molar-refractivity contribution is -0.126. The number of hydrogen-bond donors (Lipinski definition) is 2. The molecule has 2 aliphatic rings. The first-order valence-corrected chi connectivity index (χ1v) is 6.37. The van der Waals surface area contributed by atoms with E-state index >= 15 is 0 Å². The van der Waals surface area contributed by atoms with Crippen LogP contribution in [-0.2, 0) is 4.79 Å². The Morgan fingerprint density at radius 2 is 2.19 bits per heavy atom. The van der Waals surface area contributed by atoms with Crippen molar-refractivity contribution in [1.29, 1.82) is 0 Å². The Kier molecular flexibility index (Phi) is 3.99. The zero-order valence-electron chi connectivity index (χ0n) is 9.69. The van der Waals surface area contributed by atoms with Crippen molar-refractivity contribution in [2.24, 2.45) is 11.8 Å². The van der Waals surface area contributed by atoms with Crippen molar-refractivity contribution >= 4 is 5.91 Å². The van der Waals surface area contributed by atoms with Crippen molar-refractivity contribution in [3.63, 3.8) is 0 Å². The standard InChI is InChI=1S/C13H21NO2/c15-9-11-7-4-8-12(11)14-13(16)10-5-2-1-3-6-10/h1-2,10-12,15H,3-9H2,(H,14,16). The average Bonchev–Trinajstić information content (AvgIpc) is 2.77. The molecular weight excluding hydrogens is 202 g/mol. The Hall–Kier alpha value is -0.830. The summed E-state index contributed by atoms with van der Waals surface area (Å²) in [5.41, 5.74) is 0. The Morgan fingerprint density at radius 3 is 2.88 bits per heavy atom. The highest BCUT2D eigenvalue weighted by atomic mass is 16.3. The SMILES string of the molecule is O=C(NC1CCCC1CO)C1CC=CCC1. The molecule has 3 atom stereocenters. The number of carbonyl (C=O) groups excluding carboxylic acids is 1. The monoisotopic (exact) mass is 223 g/mol. The third kappa shape index (κ3) is 2.64. The Balaban J connectivity index is 1.84. The second kappa shape index (κ2) is 5.48. The molecule has 1 fully saturated rings. The zero-order valence-corrected chi connectivity index (χ0v) is 9.69. The van der Waals surface area contributed by atoms with E-state index in [1.54, 1.807) is 0 Å². The maximum atomic E-state index is 12.0. The van der Waals surface area contributed by atoms with Crippen LogP contribution in [0.15, 0.2) is 12.2 Å². The molecule has 0 saturated heterocycles. The molecule has 2 rings (SSSR count). The van der Waals surface area contributed by atoms with Gasteiger partial charge < -0.3 is 10.4 Å². The van der Waals surface area contributed by atoms with Gasteiger partial charge in [0.25, 0.3) is 0 Å². The van der Waals surface area contributed by atoms with Gasteiger partial charge in [-0.2, -0.15) is 0 Å². The fraction of sp³-hybridized carbons (Fsp3) is 0.769. The van der Waals surface area contributed by atoms with Crippen LogP contribution in [0.5, 0.6) is 0 Å². The van der Waals surface area contributed by atoms with Gasteiger partial charge in [0.2, 0.25) is 5.91 Å². The number of aliphatic hydroxyl groups is 1. The van der Waals surface area contributed by atoms with Crippen LogP contribution < -0.4 is 5.32 Å². The van der Waals surface area contributed by atoms with Gasteiger partial charge in [-0.1, -0.05) is 18.6 Å². The summed E-state index contributed by atoms with van der Waals surface area (Å²) in [5.74, 6) is 0.628. The van der Waals surface area contributed by atoms with E-state index in [0.717, 1.165) is 38.5 Å². The van der Waals surface area contributed by atoms with E-state index in [1.165, 1.54) is 0 Å². The molecule has 0 heterocycles. The molecule has 1 amide bonds. The molecule has 0 aromatic carbocycles. The number of hydrogen-bond acceptors (Lipinski definition) is 2. The third-order valence-electron chi connectivity index (χ3n) is 3.86. The minimum atomic E-state index is 0.157. The minimum Gasteiger partial charge on any atom is -0.396 e. The Morgan fingerprint density at radius 1 is 1.31 bits per heavy atom. The van der Waals surface area contributed by atoms with Crippen LogP contribution in [0.25, 0.3) is 0 Å². The minimum absolute atomic E-state index is 0.157. The molecule has 2 aliphatic carbocycles. The highest BCUT2D eigenvalue weighted by molar-refractivity contribution is 5.79. The van der Waals surface area contributed by atoms with Crippen LogP contribution in [-0.4, -0.2) is 23.7 Å². The third-order valence-corrected chi connectivity index (χ3v) is 3.86. The molecule has 0 radical (unpaired) electrons. The molecule has 3 unspecified atom stereocenters. The van der Waals surface area contributed by atoms with Gasteiger partial charge in [-0.3, -0.25) is 4.79 Å². The predicted octanol–water partition coefficient (Wildman–Crippen LogP) is 1.62. The van der Waals surface area contributed by atoms with Crippen molar-refractivity contribution in [3.05, 3.63) is 12.2 Å². The Labute approximate surface area is 96.9 Å². The number of carbonyl (C=O) groups is 1. The zero-order chi connectivity index (χ0) is 11.4. The van der Waals surface area contributed by atoms with Crippen LogP contribution in [0.4, 0.5) is 0 Å². The van der Waals surface area contributed by atoms with Crippen molar-refractivity contribution in [3.8, 4) is 0 Å². The van der Waals surface area contributed by atoms with Gasteiger partial charge in [0, 0.05) is 24.5 Å². The molecule has 0 aromatic rings. The summed E-state index contributed by atoms with van der Waals surface area (Å²) in [6.07, 6.45) is 10.3. The van der Waals surface area contributed by atoms with Crippen molar-refractivity contribution in [1.82, 2.24) is 5.32 Å². The summed E-state index contributed by atoms with van der Waals surface area (Å²) in [5, 5.41) is 12.3. The van der Waals surface area contributed by atoms with E-state index in [2.05, 4.69) is 17.5 Å². The summed E-state index contributed by atoms with van der Waals surface area (Å²) in [6, 6.07) is 0.211. The van der Waals surface area contributed by atoms with Crippen LogP contribution in [0, 0.1) is 11.8 Å². The molecule has 90 valence electrons. The molecule has 0 bridgehead atoms. The number of rotatable bonds is 3. The average molecular weight is 223 g/mol. The molecular formula is C13H21NO2. The van der Waals surface area contributed by atoms with Crippen molar-refractivity contribution < 1.29 is 9.90 Å². The molecule has 16 heavy (non-hydrogen) atoms.